The SMILES string of the molecule is Cc1cc(C2CCC=C(N3CCOCC3)C(=O)CC2)ccc1N. The molecular weight excluding hydrogens is 288 g/mol. The number of ketones is 1. The molecule has 4 heteroatoms. The van der Waals surface area contributed by atoms with E-state index in [9.17, 15) is 4.79 Å². The van der Waals surface area contributed by atoms with Crippen LogP contribution in [-0.4, -0.2) is 37.0 Å². The summed E-state index contributed by atoms with van der Waals surface area (Å²) in [6, 6.07) is 6.28. The van der Waals surface area contributed by atoms with Gasteiger partial charge in [-0.2, -0.15) is 0 Å². The van der Waals surface area contributed by atoms with Crippen LogP contribution in [0.1, 0.15) is 42.7 Å². The Labute approximate surface area is 138 Å². The largest absolute Gasteiger partial charge is 0.399 e. The highest BCUT2D eigenvalue weighted by Crippen LogP contribution is 2.31. The summed E-state index contributed by atoms with van der Waals surface area (Å²) in [5.41, 5.74) is 10.1. The Balaban J connectivity index is 1.72. The van der Waals surface area contributed by atoms with E-state index < -0.39 is 0 Å². The maximum absolute atomic E-state index is 12.6. The molecule has 1 fully saturated rings. The summed E-state index contributed by atoms with van der Waals surface area (Å²) in [4.78, 5) is 14.8. The van der Waals surface area contributed by atoms with Crippen LogP contribution in [0.3, 0.4) is 0 Å². The number of carbonyl (C=O) groups is 1. The number of hydrogen-bond acceptors (Lipinski definition) is 4. The average molecular weight is 314 g/mol. The van der Waals surface area contributed by atoms with Gasteiger partial charge in [-0.3, -0.25) is 4.79 Å². The second-order valence-corrected chi connectivity index (χ2v) is 6.54. The number of morpholine rings is 1. The van der Waals surface area contributed by atoms with Gasteiger partial charge in [-0.15, -0.1) is 0 Å². The molecule has 0 bridgehead atoms. The summed E-state index contributed by atoms with van der Waals surface area (Å²) < 4.78 is 5.39. The van der Waals surface area contributed by atoms with Crippen molar-refractivity contribution in [3.05, 3.63) is 41.1 Å². The van der Waals surface area contributed by atoms with Gasteiger partial charge >= 0.3 is 0 Å². The summed E-state index contributed by atoms with van der Waals surface area (Å²) in [7, 11) is 0. The van der Waals surface area contributed by atoms with E-state index in [1.807, 2.05) is 13.0 Å². The fourth-order valence-electron chi connectivity index (χ4n) is 3.51. The minimum atomic E-state index is 0.281. The molecule has 1 aromatic carbocycles. The van der Waals surface area contributed by atoms with Crippen LogP contribution in [0.4, 0.5) is 5.69 Å². The van der Waals surface area contributed by atoms with Crippen LogP contribution in [0.25, 0.3) is 0 Å². The van der Waals surface area contributed by atoms with E-state index in [2.05, 4.69) is 23.1 Å². The predicted octanol–water partition coefficient (Wildman–Crippen LogP) is 3.02. The van der Waals surface area contributed by atoms with Crippen molar-refractivity contribution in [2.24, 2.45) is 0 Å². The highest BCUT2D eigenvalue weighted by atomic mass is 16.5. The quantitative estimate of drug-likeness (QED) is 0.853. The van der Waals surface area contributed by atoms with Crippen LogP contribution in [0.15, 0.2) is 30.0 Å². The van der Waals surface area contributed by atoms with Crippen LogP contribution in [0, 0.1) is 6.92 Å². The Morgan fingerprint density at radius 3 is 2.74 bits per heavy atom. The first kappa shape index (κ1) is 16.1. The molecule has 3 rings (SSSR count). The smallest absolute Gasteiger partial charge is 0.178 e. The number of rotatable bonds is 2. The third-order valence-corrected chi connectivity index (χ3v) is 4.98. The van der Waals surface area contributed by atoms with Crippen molar-refractivity contribution >= 4 is 11.5 Å². The van der Waals surface area contributed by atoms with Crippen molar-refractivity contribution in [1.29, 1.82) is 0 Å². The van der Waals surface area contributed by atoms with E-state index in [4.69, 9.17) is 10.5 Å². The van der Waals surface area contributed by atoms with E-state index in [0.29, 0.717) is 12.3 Å². The first-order valence-corrected chi connectivity index (χ1v) is 8.57. The summed E-state index contributed by atoms with van der Waals surface area (Å²) in [5, 5.41) is 0. The van der Waals surface area contributed by atoms with Crippen molar-refractivity contribution in [3.63, 3.8) is 0 Å². The van der Waals surface area contributed by atoms with E-state index >= 15 is 0 Å². The third kappa shape index (κ3) is 3.75. The zero-order valence-electron chi connectivity index (χ0n) is 13.9. The fourth-order valence-corrected chi connectivity index (χ4v) is 3.51. The number of nitrogen functional groups attached to an aromatic ring is 1. The van der Waals surface area contributed by atoms with Gasteiger partial charge in [0.1, 0.15) is 0 Å². The lowest BCUT2D eigenvalue weighted by atomic mass is 9.86. The van der Waals surface area contributed by atoms with Crippen LogP contribution in [-0.2, 0) is 9.53 Å². The molecule has 1 atom stereocenters. The monoisotopic (exact) mass is 314 g/mol. The van der Waals surface area contributed by atoms with E-state index in [1.165, 1.54) is 5.56 Å². The fraction of sp³-hybridized carbons (Fsp3) is 0.526. The highest BCUT2D eigenvalue weighted by molar-refractivity contribution is 5.94. The van der Waals surface area contributed by atoms with Gasteiger partial charge in [-0.25, -0.2) is 0 Å². The summed E-state index contributed by atoms with van der Waals surface area (Å²) >= 11 is 0. The zero-order chi connectivity index (χ0) is 16.2. The number of benzene rings is 1. The molecule has 0 radical (unpaired) electrons. The maximum Gasteiger partial charge on any atom is 0.178 e. The van der Waals surface area contributed by atoms with Crippen molar-refractivity contribution in [3.8, 4) is 0 Å². The molecule has 0 aromatic heterocycles. The second kappa shape index (κ2) is 7.18. The van der Waals surface area contributed by atoms with E-state index in [0.717, 1.165) is 62.5 Å². The molecule has 1 aliphatic carbocycles. The molecular formula is C19H26N2O2. The van der Waals surface area contributed by atoms with Gasteiger partial charge in [0.25, 0.3) is 0 Å². The number of nitrogens with two attached hydrogens (primary N) is 1. The number of carbonyl (C=O) groups excluding carboxylic acids is 1. The van der Waals surface area contributed by atoms with Gasteiger partial charge in [-0.1, -0.05) is 18.2 Å². The molecule has 0 amide bonds. The first-order valence-electron chi connectivity index (χ1n) is 8.57. The van der Waals surface area contributed by atoms with Crippen LogP contribution >= 0.6 is 0 Å². The number of hydrogen-bond donors (Lipinski definition) is 1. The normalized spacial score (nSPS) is 23.2. The highest BCUT2D eigenvalue weighted by Gasteiger charge is 2.23. The Morgan fingerprint density at radius 2 is 2.00 bits per heavy atom. The van der Waals surface area contributed by atoms with Gasteiger partial charge in [-0.05, 0) is 49.3 Å². The van der Waals surface area contributed by atoms with Gasteiger partial charge in [0.15, 0.2) is 5.78 Å². The molecule has 1 saturated heterocycles. The molecule has 124 valence electrons. The van der Waals surface area contributed by atoms with Crippen LogP contribution in [0.2, 0.25) is 0 Å². The minimum absolute atomic E-state index is 0.281. The van der Waals surface area contributed by atoms with E-state index in [-0.39, 0.29) is 5.78 Å². The minimum Gasteiger partial charge on any atom is -0.399 e. The molecule has 2 N–H and O–H groups in total. The molecule has 1 aromatic rings. The van der Waals surface area contributed by atoms with E-state index in [1.54, 1.807) is 0 Å². The molecule has 0 saturated carbocycles. The number of nitrogens with zero attached hydrogens (tertiary/aromatic N) is 1. The average Bonchev–Trinajstić information content (AvgIpc) is 2.55. The molecule has 4 nitrogen and oxygen atoms in total. The number of ether oxygens (including phenoxy) is 1. The van der Waals surface area contributed by atoms with Gasteiger partial charge in [0.05, 0.1) is 18.9 Å². The number of anilines is 1. The van der Waals surface area contributed by atoms with Crippen molar-refractivity contribution in [2.75, 3.05) is 32.0 Å². The molecule has 23 heavy (non-hydrogen) atoms. The number of Topliss-reactive ketones (excluding diaryl/α,β-unsaturated/α-hetero) is 1. The molecule has 1 unspecified atom stereocenters. The van der Waals surface area contributed by atoms with Crippen molar-refractivity contribution in [2.45, 2.75) is 38.5 Å². The van der Waals surface area contributed by atoms with Gasteiger partial charge in [0.2, 0.25) is 0 Å². The number of aryl methyl sites for hydroxylation is 1. The Kier molecular flexibility index (Phi) is 5.01. The first-order chi connectivity index (χ1) is 11.1. The van der Waals surface area contributed by atoms with Gasteiger partial charge in [0, 0.05) is 25.2 Å². The zero-order valence-corrected chi connectivity index (χ0v) is 13.9. The molecule has 1 heterocycles. The predicted molar refractivity (Wildman–Crippen MR) is 92.3 cm³/mol. The number of allylic oxidation sites excluding steroid dienone is 2. The standard InChI is InChI=1S/C19H26N2O2/c1-14-13-16(5-7-17(14)20)15-3-2-4-18(19(22)8-6-15)21-9-11-23-12-10-21/h4-5,7,13,15H,2-3,6,8-12,20H2,1H3. The molecule has 1 aliphatic heterocycles. The summed E-state index contributed by atoms with van der Waals surface area (Å²) in [5.74, 6) is 0.726. The second-order valence-electron chi connectivity index (χ2n) is 6.54. The Hall–Kier alpha value is -1.81. The summed E-state index contributed by atoms with van der Waals surface area (Å²) in [6.45, 7) is 5.15. The lowest BCUT2D eigenvalue weighted by molar-refractivity contribution is -0.118. The Bertz CT molecular complexity index is 603. The van der Waals surface area contributed by atoms with Crippen LogP contribution in [0.5, 0.6) is 0 Å². The molecule has 0 spiro atoms. The Morgan fingerprint density at radius 1 is 1.22 bits per heavy atom. The third-order valence-electron chi connectivity index (χ3n) is 4.98. The van der Waals surface area contributed by atoms with Crippen molar-refractivity contribution in [1.82, 2.24) is 4.90 Å². The van der Waals surface area contributed by atoms with Crippen molar-refractivity contribution < 1.29 is 9.53 Å². The maximum atomic E-state index is 12.6. The lowest BCUT2D eigenvalue weighted by Crippen LogP contribution is -2.38. The molecule has 2 aliphatic rings. The topological polar surface area (TPSA) is 55.6 Å². The van der Waals surface area contributed by atoms with Gasteiger partial charge < -0.3 is 15.4 Å². The van der Waals surface area contributed by atoms with Crippen LogP contribution < -0.4 is 5.73 Å². The lowest BCUT2D eigenvalue weighted by Gasteiger charge is -2.31. The summed E-state index contributed by atoms with van der Waals surface area (Å²) in [6.07, 6.45) is 5.72.